The second kappa shape index (κ2) is 7.84. The zero-order valence-corrected chi connectivity index (χ0v) is 19.0. The molecule has 11 heteroatoms. The first-order valence-electron chi connectivity index (χ1n) is 10.6. The molecular formula is C22H18BrFN8O. The van der Waals surface area contributed by atoms with Crippen LogP contribution in [0.5, 0.6) is 0 Å². The summed E-state index contributed by atoms with van der Waals surface area (Å²) in [6.07, 6.45) is 9.58. The molecule has 0 amide bonds. The van der Waals surface area contributed by atoms with Crippen molar-refractivity contribution in [2.24, 2.45) is 0 Å². The number of hydrogen-bond acceptors (Lipinski definition) is 6. The lowest BCUT2D eigenvalue weighted by Crippen LogP contribution is -2.03. The number of nitrogens with zero attached hydrogens (tertiary/aromatic N) is 8. The van der Waals surface area contributed by atoms with Gasteiger partial charge in [-0.05, 0) is 53.4 Å². The van der Waals surface area contributed by atoms with Crippen LogP contribution in [0.1, 0.15) is 52.8 Å². The maximum atomic E-state index is 14.5. The molecule has 0 radical (unpaired) electrons. The third-order valence-corrected chi connectivity index (χ3v) is 6.40. The number of ketones is 1. The molecule has 1 aliphatic rings. The smallest absolute Gasteiger partial charge is 0.185 e. The van der Waals surface area contributed by atoms with Gasteiger partial charge >= 0.3 is 0 Å². The highest BCUT2D eigenvalue weighted by molar-refractivity contribution is 9.10. The largest absolute Gasteiger partial charge is 0.303 e. The van der Waals surface area contributed by atoms with E-state index in [1.807, 2.05) is 18.3 Å². The molecule has 0 spiro atoms. The van der Waals surface area contributed by atoms with Gasteiger partial charge in [-0.1, -0.05) is 5.21 Å². The average Bonchev–Trinajstić information content (AvgIpc) is 3.23. The summed E-state index contributed by atoms with van der Waals surface area (Å²) in [5.41, 5.74) is 3.81. The fraction of sp³-hybridized carbons (Fsp3) is 0.273. The van der Waals surface area contributed by atoms with E-state index in [0.717, 1.165) is 17.0 Å². The Labute approximate surface area is 195 Å². The fourth-order valence-corrected chi connectivity index (χ4v) is 4.22. The third-order valence-electron chi connectivity index (χ3n) is 5.79. The number of pyridine rings is 1. The molecule has 9 nitrogen and oxygen atoms in total. The Balaban J connectivity index is 1.14. The molecule has 0 atom stereocenters. The van der Waals surface area contributed by atoms with Crippen LogP contribution in [-0.2, 0) is 13.0 Å². The first-order valence-corrected chi connectivity index (χ1v) is 11.4. The SMILES string of the molecule is O=C(CCc1ncn2ccc(Br)c(F)c12)c1cn(Cc2cn3nc(C4CC4)ccc3n2)nn1. The summed E-state index contributed by atoms with van der Waals surface area (Å²) in [6, 6.07) is 5.62. The van der Waals surface area contributed by atoms with Gasteiger partial charge in [-0.3, -0.25) is 4.79 Å². The predicted molar refractivity (Wildman–Crippen MR) is 120 cm³/mol. The Morgan fingerprint density at radius 3 is 2.94 bits per heavy atom. The Bertz CT molecular complexity index is 1520. The number of fused-ring (bicyclic) bond motifs is 2. The minimum absolute atomic E-state index is 0.152. The van der Waals surface area contributed by atoms with E-state index in [9.17, 15) is 9.18 Å². The van der Waals surface area contributed by atoms with Crippen molar-refractivity contribution in [3.8, 4) is 0 Å². The lowest BCUT2D eigenvalue weighted by Gasteiger charge is -2.01. The van der Waals surface area contributed by atoms with E-state index in [1.54, 1.807) is 32.1 Å². The van der Waals surface area contributed by atoms with Gasteiger partial charge in [0, 0.05) is 18.5 Å². The molecule has 0 unspecified atom stereocenters. The molecule has 1 aliphatic carbocycles. The number of aromatic nitrogens is 8. The zero-order valence-electron chi connectivity index (χ0n) is 17.4. The van der Waals surface area contributed by atoms with Crippen LogP contribution < -0.4 is 0 Å². The van der Waals surface area contributed by atoms with E-state index >= 15 is 0 Å². The van der Waals surface area contributed by atoms with Crippen LogP contribution in [0.2, 0.25) is 0 Å². The highest BCUT2D eigenvalue weighted by Crippen LogP contribution is 2.38. The van der Waals surface area contributed by atoms with Crippen LogP contribution in [-0.4, -0.2) is 44.8 Å². The average molecular weight is 509 g/mol. The van der Waals surface area contributed by atoms with Gasteiger partial charge < -0.3 is 4.40 Å². The van der Waals surface area contributed by atoms with Gasteiger partial charge in [0.15, 0.2) is 17.2 Å². The first kappa shape index (κ1) is 20.2. The van der Waals surface area contributed by atoms with Crippen molar-refractivity contribution in [2.45, 2.75) is 38.1 Å². The van der Waals surface area contributed by atoms with Crippen LogP contribution >= 0.6 is 15.9 Å². The van der Waals surface area contributed by atoms with Crippen LogP contribution in [0, 0.1) is 5.82 Å². The van der Waals surface area contributed by atoms with E-state index in [4.69, 9.17) is 0 Å². The number of halogens is 2. The summed E-state index contributed by atoms with van der Waals surface area (Å²) in [4.78, 5) is 21.5. The van der Waals surface area contributed by atoms with Crippen LogP contribution in [0.15, 0.2) is 47.6 Å². The molecule has 0 aromatic carbocycles. The molecule has 1 saturated carbocycles. The van der Waals surface area contributed by atoms with Crippen molar-refractivity contribution in [3.63, 3.8) is 0 Å². The summed E-state index contributed by atoms with van der Waals surface area (Å²) in [6.45, 7) is 0.382. The molecular weight excluding hydrogens is 491 g/mol. The lowest BCUT2D eigenvalue weighted by atomic mass is 10.1. The van der Waals surface area contributed by atoms with E-state index < -0.39 is 5.82 Å². The van der Waals surface area contributed by atoms with E-state index in [1.165, 1.54) is 19.2 Å². The van der Waals surface area contributed by atoms with Gasteiger partial charge in [0.25, 0.3) is 0 Å². The Morgan fingerprint density at radius 1 is 1.21 bits per heavy atom. The summed E-state index contributed by atoms with van der Waals surface area (Å²) in [7, 11) is 0. The van der Waals surface area contributed by atoms with Crippen molar-refractivity contribution in [3.05, 3.63) is 76.2 Å². The van der Waals surface area contributed by atoms with Gasteiger partial charge in [-0.15, -0.1) is 5.10 Å². The minimum atomic E-state index is -0.394. The molecule has 0 saturated heterocycles. The zero-order chi connectivity index (χ0) is 22.5. The summed E-state index contributed by atoms with van der Waals surface area (Å²) < 4.78 is 19.8. The molecule has 0 aliphatic heterocycles. The van der Waals surface area contributed by atoms with E-state index in [-0.39, 0.29) is 17.9 Å². The van der Waals surface area contributed by atoms with Gasteiger partial charge in [-0.25, -0.2) is 23.6 Å². The number of Topliss-reactive ketones (excluding diaryl/α,β-unsaturated/α-hetero) is 1. The first-order chi connectivity index (χ1) is 16.0. The van der Waals surface area contributed by atoms with Crippen molar-refractivity contribution >= 4 is 32.9 Å². The number of imidazole rings is 2. The second-order valence-electron chi connectivity index (χ2n) is 8.22. The highest BCUT2D eigenvalue weighted by atomic mass is 79.9. The fourth-order valence-electron chi connectivity index (χ4n) is 3.92. The third kappa shape index (κ3) is 3.82. The Hall–Kier alpha value is -3.47. The summed E-state index contributed by atoms with van der Waals surface area (Å²) in [5, 5.41) is 12.7. The molecule has 0 bridgehead atoms. The van der Waals surface area contributed by atoms with E-state index in [0.29, 0.717) is 34.6 Å². The maximum absolute atomic E-state index is 14.5. The van der Waals surface area contributed by atoms with Gasteiger partial charge in [0.05, 0.1) is 46.8 Å². The van der Waals surface area contributed by atoms with E-state index in [2.05, 4.69) is 41.3 Å². The van der Waals surface area contributed by atoms with Gasteiger partial charge in [0.1, 0.15) is 11.2 Å². The second-order valence-corrected chi connectivity index (χ2v) is 9.07. The number of carbonyl (C=O) groups excluding carboxylic acids is 1. The highest BCUT2D eigenvalue weighted by Gasteiger charge is 2.25. The minimum Gasteiger partial charge on any atom is -0.303 e. The normalized spacial score (nSPS) is 13.9. The van der Waals surface area contributed by atoms with Crippen molar-refractivity contribution in [1.82, 2.24) is 39.0 Å². The summed E-state index contributed by atoms with van der Waals surface area (Å²) in [5.74, 6) is 0.000417. The number of aryl methyl sites for hydroxylation is 1. The lowest BCUT2D eigenvalue weighted by molar-refractivity contribution is 0.0977. The molecule has 0 N–H and O–H groups in total. The van der Waals surface area contributed by atoms with Crippen LogP contribution in [0.3, 0.4) is 0 Å². The standard InChI is InChI=1S/C22H18BrFN8O/c23-15-7-8-30-12-25-17(22(30)21(15)24)3-5-19(33)18-11-31(29-27-18)9-14-10-32-20(26-14)6-4-16(28-32)13-1-2-13/h4,6-8,10-13H,1-3,5,9H2. The van der Waals surface area contributed by atoms with Gasteiger partial charge in [0.2, 0.25) is 0 Å². The Kier molecular flexibility index (Phi) is 4.79. The van der Waals surface area contributed by atoms with Crippen LogP contribution in [0.25, 0.3) is 11.2 Å². The molecule has 5 aromatic rings. The number of carbonyl (C=O) groups is 1. The monoisotopic (exact) mass is 508 g/mol. The molecule has 5 heterocycles. The number of hydrogen-bond donors (Lipinski definition) is 0. The maximum Gasteiger partial charge on any atom is 0.185 e. The molecule has 166 valence electrons. The molecule has 6 rings (SSSR count). The predicted octanol–water partition coefficient (Wildman–Crippen LogP) is 3.61. The van der Waals surface area contributed by atoms with Crippen molar-refractivity contribution < 1.29 is 9.18 Å². The number of rotatable bonds is 7. The van der Waals surface area contributed by atoms with Gasteiger partial charge in [-0.2, -0.15) is 5.10 Å². The quantitative estimate of drug-likeness (QED) is 0.311. The summed E-state index contributed by atoms with van der Waals surface area (Å²) >= 11 is 3.19. The van der Waals surface area contributed by atoms with Crippen LogP contribution in [0.4, 0.5) is 4.39 Å². The molecule has 33 heavy (non-hydrogen) atoms. The molecule has 1 fully saturated rings. The molecule has 5 aromatic heterocycles. The Morgan fingerprint density at radius 2 is 2.09 bits per heavy atom. The van der Waals surface area contributed by atoms with Crippen molar-refractivity contribution in [1.29, 1.82) is 0 Å². The topological polar surface area (TPSA) is 95.3 Å². The van der Waals surface area contributed by atoms with Crippen molar-refractivity contribution in [2.75, 3.05) is 0 Å².